The van der Waals surface area contributed by atoms with E-state index in [2.05, 4.69) is 22.0 Å². The number of ether oxygens (including phenoxy) is 2. The fourth-order valence-corrected chi connectivity index (χ4v) is 2.99. The smallest absolute Gasteiger partial charge is 0.264 e. The van der Waals surface area contributed by atoms with Crippen molar-refractivity contribution in [1.29, 1.82) is 5.26 Å². The molecule has 7 heteroatoms. The maximum Gasteiger partial charge on any atom is 0.264 e. The number of nitrogens with zero attached hydrogens (tertiary/aromatic N) is 2. The molecular formula is C19H18BrClN2O3. The van der Waals surface area contributed by atoms with Crippen molar-refractivity contribution < 1.29 is 14.3 Å². The third-order valence-corrected chi connectivity index (χ3v) is 4.24. The van der Waals surface area contributed by atoms with Crippen molar-refractivity contribution in [2.45, 2.75) is 13.3 Å². The van der Waals surface area contributed by atoms with E-state index in [0.717, 1.165) is 10.2 Å². The molecule has 0 heterocycles. The van der Waals surface area contributed by atoms with Crippen molar-refractivity contribution in [2.75, 3.05) is 24.7 Å². The van der Waals surface area contributed by atoms with Gasteiger partial charge in [-0.1, -0.05) is 27.5 Å². The Bertz CT molecular complexity index is 790. The number of amides is 1. The first-order valence-corrected chi connectivity index (χ1v) is 9.20. The number of halogens is 2. The van der Waals surface area contributed by atoms with Gasteiger partial charge in [0, 0.05) is 16.7 Å². The molecule has 1 amide bonds. The van der Waals surface area contributed by atoms with Crippen molar-refractivity contribution in [2.24, 2.45) is 0 Å². The van der Waals surface area contributed by atoms with Crippen molar-refractivity contribution in [3.05, 3.63) is 52.0 Å². The van der Waals surface area contributed by atoms with Crippen LogP contribution in [0.3, 0.4) is 0 Å². The lowest BCUT2D eigenvalue weighted by Gasteiger charge is -2.22. The molecule has 0 bridgehead atoms. The molecule has 0 unspecified atom stereocenters. The summed E-state index contributed by atoms with van der Waals surface area (Å²) in [5, 5.41) is 9.28. The zero-order valence-electron chi connectivity index (χ0n) is 14.2. The SMILES string of the molecule is CCOc1ccc(N(CCC#N)C(=O)COc2ccc(Br)cc2Cl)cc1. The van der Waals surface area contributed by atoms with Crippen LogP contribution in [0.25, 0.3) is 0 Å². The summed E-state index contributed by atoms with van der Waals surface area (Å²) >= 11 is 9.42. The zero-order valence-corrected chi connectivity index (χ0v) is 16.6. The Morgan fingerprint density at radius 1 is 1.23 bits per heavy atom. The fraction of sp³-hybridized carbons (Fsp3) is 0.263. The molecule has 26 heavy (non-hydrogen) atoms. The van der Waals surface area contributed by atoms with Gasteiger partial charge in [-0.3, -0.25) is 4.79 Å². The number of hydrogen-bond donors (Lipinski definition) is 0. The van der Waals surface area contributed by atoms with Crippen LogP contribution in [-0.2, 0) is 4.79 Å². The van der Waals surface area contributed by atoms with Gasteiger partial charge in [-0.05, 0) is 49.4 Å². The van der Waals surface area contributed by atoms with E-state index in [0.29, 0.717) is 23.1 Å². The molecule has 0 saturated carbocycles. The van der Waals surface area contributed by atoms with Gasteiger partial charge in [0.25, 0.3) is 5.91 Å². The molecule has 0 aliphatic rings. The van der Waals surface area contributed by atoms with E-state index in [1.807, 2.05) is 6.92 Å². The summed E-state index contributed by atoms with van der Waals surface area (Å²) in [7, 11) is 0. The molecule has 0 atom stereocenters. The van der Waals surface area contributed by atoms with Crippen LogP contribution in [0, 0.1) is 11.3 Å². The van der Waals surface area contributed by atoms with Crippen LogP contribution in [0.15, 0.2) is 46.9 Å². The van der Waals surface area contributed by atoms with Crippen molar-refractivity contribution in [3.8, 4) is 17.6 Å². The summed E-state index contributed by atoms with van der Waals surface area (Å²) in [6, 6.07) is 14.4. The highest BCUT2D eigenvalue weighted by molar-refractivity contribution is 9.10. The largest absolute Gasteiger partial charge is 0.494 e. The van der Waals surface area contributed by atoms with E-state index in [4.69, 9.17) is 26.3 Å². The second-order valence-corrected chi connectivity index (χ2v) is 6.57. The lowest BCUT2D eigenvalue weighted by molar-refractivity contribution is -0.120. The summed E-state index contributed by atoms with van der Waals surface area (Å²) in [5.74, 6) is 0.889. The number of hydrogen-bond acceptors (Lipinski definition) is 4. The van der Waals surface area contributed by atoms with E-state index in [1.54, 1.807) is 42.5 Å². The molecule has 0 aliphatic heterocycles. The van der Waals surface area contributed by atoms with Crippen molar-refractivity contribution in [3.63, 3.8) is 0 Å². The van der Waals surface area contributed by atoms with Gasteiger partial charge in [-0.25, -0.2) is 0 Å². The number of carbonyl (C=O) groups is 1. The first-order chi connectivity index (χ1) is 12.5. The fourth-order valence-electron chi connectivity index (χ4n) is 2.26. The topological polar surface area (TPSA) is 62.6 Å². The Hall–Kier alpha value is -2.23. The third-order valence-electron chi connectivity index (χ3n) is 3.45. The minimum atomic E-state index is -0.261. The number of anilines is 1. The Morgan fingerprint density at radius 2 is 1.96 bits per heavy atom. The molecule has 0 N–H and O–H groups in total. The van der Waals surface area contributed by atoms with Gasteiger partial charge in [-0.2, -0.15) is 5.26 Å². The molecule has 0 spiro atoms. The maximum atomic E-state index is 12.6. The molecule has 136 valence electrons. The summed E-state index contributed by atoms with van der Waals surface area (Å²) < 4.78 is 11.8. The normalized spacial score (nSPS) is 10.1. The molecular weight excluding hydrogens is 420 g/mol. The lowest BCUT2D eigenvalue weighted by atomic mass is 10.2. The Kier molecular flexibility index (Phi) is 7.76. The molecule has 0 radical (unpaired) electrons. The first-order valence-electron chi connectivity index (χ1n) is 8.03. The average molecular weight is 438 g/mol. The monoisotopic (exact) mass is 436 g/mol. The summed E-state index contributed by atoms with van der Waals surface area (Å²) in [6.07, 6.45) is 0.220. The van der Waals surface area contributed by atoms with E-state index in [9.17, 15) is 4.79 Å². The maximum absolute atomic E-state index is 12.6. The van der Waals surface area contributed by atoms with E-state index in [-0.39, 0.29) is 25.5 Å². The number of nitriles is 1. The zero-order chi connectivity index (χ0) is 18.9. The second-order valence-electron chi connectivity index (χ2n) is 5.24. The molecule has 0 saturated heterocycles. The van der Waals surface area contributed by atoms with Gasteiger partial charge in [0.15, 0.2) is 6.61 Å². The highest BCUT2D eigenvalue weighted by Gasteiger charge is 2.17. The van der Waals surface area contributed by atoms with Crippen LogP contribution in [-0.4, -0.2) is 25.7 Å². The molecule has 0 fully saturated rings. The number of carbonyl (C=O) groups excluding carboxylic acids is 1. The van der Waals surface area contributed by atoms with Gasteiger partial charge < -0.3 is 14.4 Å². The molecule has 2 rings (SSSR count). The summed E-state index contributed by atoms with van der Waals surface area (Å²) in [4.78, 5) is 14.1. The Labute approximate surface area is 166 Å². The number of benzene rings is 2. The van der Waals surface area contributed by atoms with Gasteiger partial charge in [0.1, 0.15) is 11.5 Å². The first kappa shape index (κ1) is 20.1. The highest BCUT2D eigenvalue weighted by Crippen LogP contribution is 2.28. The predicted octanol–water partition coefficient (Wildman–Crippen LogP) is 4.83. The molecule has 0 aromatic heterocycles. The molecule has 2 aromatic carbocycles. The standard InChI is InChI=1S/C19H18BrClN2O3/c1-2-25-16-7-5-15(6-8-16)23(11-3-10-22)19(24)13-26-18-9-4-14(20)12-17(18)21/h4-9,12H,2-3,11,13H2,1H3. The van der Waals surface area contributed by atoms with Crippen molar-refractivity contribution >= 4 is 39.1 Å². The van der Waals surface area contributed by atoms with Crippen LogP contribution in [0.2, 0.25) is 5.02 Å². The van der Waals surface area contributed by atoms with Gasteiger partial charge >= 0.3 is 0 Å². The van der Waals surface area contributed by atoms with Crippen LogP contribution in [0.1, 0.15) is 13.3 Å². The predicted molar refractivity (Wildman–Crippen MR) is 105 cm³/mol. The number of rotatable bonds is 8. The Balaban J connectivity index is 2.09. The van der Waals surface area contributed by atoms with E-state index >= 15 is 0 Å². The minimum Gasteiger partial charge on any atom is -0.494 e. The van der Waals surface area contributed by atoms with Gasteiger partial charge in [0.05, 0.1) is 24.1 Å². The summed E-state index contributed by atoms with van der Waals surface area (Å²) in [5.41, 5.74) is 0.680. The quantitative estimate of drug-likeness (QED) is 0.593. The minimum absolute atomic E-state index is 0.181. The van der Waals surface area contributed by atoms with Crippen molar-refractivity contribution in [1.82, 2.24) is 0 Å². The van der Waals surface area contributed by atoms with Gasteiger partial charge in [-0.15, -0.1) is 0 Å². The average Bonchev–Trinajstić information content (AvgIpc) is 2.63. The van der Waals surface area contributed by atoms with E-state index < -0.39 is 0 Å². The highest BCUT2D eigenvalue weighted by atomic mass is 79.9. The lowest BCUT2D eigenvalue weighted by Crippen LogP contribution is -2.35. The molecule has 5 nitrogen and oxygen atoms in total. The molecule has 0 aliphatic carbocycles. The van der Waals surface area contributed by atoms with Crippen LogP contribution >= 0.6 is 27.5 Å². The second kappa shape index (κ2) is 10.0. The van der Waals surface area contributed by atoms with Crippen LogP contribution in [0.4, 0.5) is 5.69 Å². The summed E-state index contributed by atoms with van der Waals surface area (Å²) in [6.45, 7) is 2.57. The van der Waals surface area contributed by atoms with Crippen LogP contribution < -0.4 is 14.4 Å². The van der Waals surface area contributed by atoms with Gasteiger partial charge in [0.2, 0.25) is 0 Å². The van der Waals surface area contributed by atoms with E-state index in [1.165, 1.54) is 4.90 Å². The third kappa shape index (κ3) is 5.65. The Morgan fingerprint density at radius 3 is 2.58 bits per heavy atom. The molecule has 2 aromatic rings. The van der Waals surface area contributed by atoms with Crippen LogP contribution in [0.5, 0.6) is 11.5 Å².